The number of aromatic hydroxyl groups is 1. The molecule has 17 heavy (non-hydrogen) atoms. The van der Waals surface area contributed by atoms with Crippen molar-refractivity contribution in [2.45, 2.75) is 6.42 Å². The first-order valence-corrected chi connectivity index (χ1v) is 7.04. The summed E-state index contributed by atoms with van der Waals surface area (Å²) in [6.07, 6.45) is 1.17. The van der Waals surface area contributed by atoms with Crippen molar-refractivity contribution >= 4 is 29.3 Å². The Balaban J connectivity index is 1.92. The molecule has 0 saturated carbocycles. The summed E-state index contributed by atoms with van der Waals surface area (Å²) >= 11 is 7.68. The van der Waals surface area contributed by atoms with E-state index in [1.54, 1.807) is 6.07 Å². The molecule has 1 aromatic carbocycles. The van der Waals surface area contributed by atoms with Crippen LogP contribution in [0.25, 0.3) is 0 Å². The number of nitrogens with one attached hydrogen (secondary N) is 1. The number of rotatable bonds is 3. The second-order valence-corrected chi connectivity index (χ2v) is 5.66. The third-order valence-corrected chi connectivity index (χ3v) is 4.32. The van der Waals surface area contributed by atoms with Gasteiger partial charge in [-0.1, -0.05) is 11.6 Å². The van der Waals surface area contributed by atoms with Gasteiger partial charge < -0.3 is 10.4 Å². The molecule has 1 aliphatic rings. The number of thioether (sulfide) groups is 1. The molecule has 1 fully saturated rings. The fourth-order valence-corrected chi connectivity index (χ4v) is 3.20. The van der Waals surface area contributed by atoms with Gasteiger partial charge in [-0.3, -0.25) is 4.79 Å². The summed E-state index contributed by atoms with van der Waals surface area (Å²) in [5.74, 6) is 2.75. The normalized spacial score (nSPS) is 19.2. The number of hydrogen-bond donors (Lipinski definition) is 2. The van der Waals surface area contributed by atoms with E-state index in [0.29, 0.717) is 18.0 Å². The van der Waals surface area contributed by atoms with Gasteiger partial charge in [0.25, 0.3) is 5.91 Å². The summed E-state index contributed by atoms with van der Waals surface area (Å²) in [7, 11) is 0. The molecule has 1 aliphatic heterocycles. The van der Waals surface area contributed by atoms with Crippen molar-refractivity contribution in [1.82, 2.24) is 5.32 Å². The topological polar surface area (TPSA) is 49.3 Å². The predicted molar refractivity (Wildman–Crippen MR) is 70.9 cm³/mol. The van der Waals surface area contributed by atoms with Gasteiger partial charge in [0.2, 0.25) is 0 Å². The molecule has 1 unspecified atom stereocenters. The van der Waals surface area contributed by atoms with Crippen LogP contribution >= 0.6 is 23.4 Å². The van der Waals surface area contributed by atoms with E-state index < -0.39 is 0 Å². The predicted octanol–water partition coefficient (Wildman–Crippen LogP) is 2.53. The Morgan fingerprint density at radius 1 is 1.59 bits per heavy atom. The zero-order valence-corrected chi connectivity index (χ0v) is 10.9. The lowest BCUT2D eigenvalue weighted by atomic mass is 10.1. The zero-order valence-electron chi connectivity index (χ0n) is 9.28. The van der Waals surface area contributed by atoms with Gasteiger partial charge in [-0.15, -0.1) is 0 Å². The summed E-state index contributed by atoms with van der Waals surface area (Å²) < 4.78 is 0. The SMILES string of the molecule is O=C(NCC1CCSC1)c1ccc(O)c(Cl)c1. The van der Waals surface area contributed by atoms with Crippen molar-refractivity contribution < 1.29 is 9.90 Å². The molecule has 0 spiro atoms. The van der Waals surface area contributed by atoms with E-state index in [1.165, 1.54) is 24.3 Å². The maximum atomic E-state index is 11.8. The summed E-state index contributed by atoms with van der Waals surface area (Å²) in [5, 5.41) is 12.4. The summed E-state index contributed by atoms with van der Waals surface area (Å²) in [6, 6.07) is 4.48. The maximum absolute atomic E-state index is 11.8. The molecule has 1 saturated heterocycles. The van der Waals surface area contributed by atoms with Gasteiger partial charge in [0.05, 0.1) is 5.02 Å². The number of amides is 1. The van der Waals surface area contributed by atoms with Crippen LogP contribution in [0.3, 0.4) is 0 Å². The molecule has 0 bridgehead atoms. The summed E-state index contributed by atoms with van der Waals surface area (Å²) in [5.41, 5.74) is 0.485. The lowest BCUT2D eigenvalue weighted by Gasteiger charge is -2.10. The first kappa shape index (κ1) is 12.6. The highest BCUT2D eigenvalue weighted by atomic mass is 35.5. The van der Waals surface area contributed by atoms with Gasteiger partial charge in [-0.2, -0.15) is 11.8 Å². The van der Waals surface area contributed by atoms with Crippen LogP contribution in [0, 0.1) is 5.92 Å². The van der Waals surface area contributed by atoms with Crippen molar-refractivity contribution in [1.29, 1.82) is 0 Å². The Morgan fingerprint density at radius 2 is 2.41 bits per heavy atom. The number of halogens is 1. The molecule has 0 aromatic heterocycles. The van der Waals surface area contributed by atoms with Gasteiger partial charge in [0.1, 0.15) is 5.75 Å². The van der Waals surface area contributed by atoms with Crippen LogP contribution < -0.4 is 5.32 Å². The standard InChI is InChI=1S/C12H14ClNO2S/c13-10-5-9(1-2-11(10)15)12(16)14-6-8-3-4-17-7-8/h1-2,5,8,15H,3-4,6-7H2,(H,14,16). The van der Waals surface area contributed by atoms with Crippen molar-refractivity contribution in [3.8, 4) is 5.75 Å². The fourth-order valence-electron chi connectivity index (χ4n) is 1.73. The van der Waals surface area contributed by atoms with Crippen molar-refractivity contribution in [3.63, 3.8) is 0 Å². The number of benzene rings is 1. The Morgan fingerprint density at radius 3 is 3.06 bits per heavy atom. The third-order valence-electron chi connectivity index (χ3n) is 2.79. The maximum Gasteiger partial charge on any atom is 0.251 e. The van der Waals surface area contributed by atoms with E-state index in [9.17, 15) is 9.90 Å². The highest BCUT2D eigenvalue weighted by Crippen LogP contribution is 2.24. The minimum absolute atomic E-state index is 0.00425. The third kappa shape index (κ3) is 3.30. The summed E-state index contributed by atoms with van der Waals surface area (Å²) in [6.45, 7) is 0.713. The molecule has 3 nitrogen and oxygen atoms in total. The van der Waals surface area contributed by atoms with Crippen LogP contribution in [0.15, 0.2) is 18.2 Å². The van der Waals surface area contributed by atoms with E-state index in [-0.39, 0.29) is 16.7 Å². The first-order valence-electron chi connectivity index (χ1n) is 5.51. The number of carbonyl (C=O) groups excluding carboxylic acids is 1. The van der Waals surface area contributed by atoms with Gasteiger partial charge in [0.15, 0.2) is 0 Å². The smallest absolute Gasteiger partial charge is 0.251 e. The zero-order chi connectivity index (χ0) is 12.3. The Kier molecular flexibility index (Phi) is 4.18. The van der Waals surface area contributed by atoms with Crippen molar-refractivity contribution in [3.05, 3.63) is 28.8 Å². The van der Waals surface area contributed by atoms with Gasteiger partial charge in [0, 0.05) is 12.1 Å². The molecule has 0 radical (unpaired) electrons. The quantitative estimate of drug-likeness (QED) is 0.888. The molecule has 1 amide bonds. The first-order chi connectivity index (χ1) is 8.16. The number of hydrogen-bond acceptors (Lipinski definition) is 3. The van der Waals surface area contributed by atoms with Gasteiger partial charge in [-0.25, -0.2) is 0 Å². The second kappa shape index (κ2) is 5.65. The summed E-state index contributed by atoms with van der Waals surface area (Å²) in [4.78, 5) is 11.8. The molecule has 2 rings (SSSR count). The molecule has 2 N–H and O–H groups in total. The van der Waals surface area contributed by atoms with Gasteiger partial charge >= 0.3 is 0 Å². The Labute approximate surface area is 110 Å². The van der Waals surface area contributed by atoms with Crippen LogP contribution in [-0.4, -0.2) is 29.1 Å². The van der Waals surface area contributed by atoms with E-state index in [2.05, 4.69) is 5.32 Å². The van der Waals surface area contributed by atoms with Gasteiger partial charge in [-0.05, 0) is 42.0 Å². The van der Waals surface area contributed by atoms with Crippen LogP contribution in [0.5, 0.6) is 5.75 Å². The van der Waals surface area contributed by atoms with E-state index in [4.69, 9.17) is 11.6 Å². The second-order valence-electron chi connectivity index (χ2n) is 4.11. The molecule has 92 valence electrons. The van der Waals surface area contributed by atoms with Crippen LogP contribution in [0.1, 0.15) is 16.8 Å². The minimum Gasteiger partial charge on any atom is -0.506 e. The highest BCUT2D eigenvalue weighted by molar-refractivity contribution is 7.99. The highest BCUT2D eigenvalue weighted by Gasteiger charge is 2.16. The Bertz CT molecular complexity index is 419. The fraction of sp³-hybridized carbons (Fsp3) is 0.417. The van der Waals surface area contributed by atoms with Crippen molar-refractivity contribution in [2.75, 3.05) is 18.1 Å². The van der Waals surface area contributed by atoms with Crippen LogP contribution in [0.2, 0.25) is 5.02 Å². The molecule has 1 heterocycles. The number of phenolic OH excluding ortho intramolecular Hbond substituents is 1. The average molecular weight is 272 g/mol. The lowest BCUT2D eigenvalue weighted by molar-refractivity contribution is 0.0948. The minimum atomic E-state index is -0.135. The molecule has 1 aromatic rings. The molecular formula is C12H14ClNO2S. The van der Waals surface area contributed by atoms with Crippen LogP contribution in [-0.2, 0) is 0 Å². The molecule has 5 heteroatoms. The van der Waals surface area contributed by atoms with Crippen LogP contribution in [0.4, 0.5) is 0 Å². The van der Waals surface area contributed by atoms with E-state index in [0.717, 1.165) is 5.75 Å². The number of carbonyl (C=O) groups is 1. The van der Waals surface area contributed by atoms with E-state index >= 15 is 0 Å². The Hall–Kier alpha value is -0.870. The largest absolute Gasteiger partial charge is 0.506 e. The number of phenols is 1. The lowest BCUT2D eigenvalue weighted by Crippen LogP contribution is -2.29. The molecular weight excluding hydrogens is 258 g/mol. The average Bonchev–Trinajstić information content (AvgIpc) is 2.82. The van der Waals surface area contributed by atoms with E-state index in [1.807, 2.05) is 11.8 Å². The molecule has 0 aliphatic carbocycles. The molecule has 1 atom stereocenters. The monoisotopic (exact) mass is 271 g/mol. The van der Waals surface area contributed by atoms with Crippen molar-refractivity contribution in [2.24, 2.45) is 5.92 Å².